The molecule has 2 heterocycles. The van der Waals surface area contributed by atoms with E-state index in [1.165, 1.54) is 60.0 Å². The van der Waals surface area contributed by atoms with Crippen molar-refractivity contribution in [3.05, 3.63) is 182 Å². The molecule has 3 nitrogen and oxygen atoms in total. The molecule has 0 spiro atoms. The molecule has 0 unspecified atom stereocenters. The van der Waals surface area contributed by atoms with Crippen molar-refractivity contribution in [1.82, 2.24) is 9.55 Å². The molecule has 10 aromatic rings. The predicted octanol–water partition coefficient (Wildman–Crippen LogP) is 12.7. The van der Waals surface area contributed by atoms with Crippen LogP contribution in [-0.4, -0.2) is 9.55 Å². The Bertz CT molecular complexity index is 2810. The van der Waals surface area contributed by atoms with Gasteiger partial charge in [-0.1, -0.05) is 109 Å². The largest absolute Gasteiger partial charge is 0.354 e. The predicted molar refractivity (Wildman–Crippen MR) is 208 cm³/mol. The number of hydrogen-bond donors (Lipinski definition) is 1. The highest BCUT2D eigenvalue weighted by atomic mass is 15.1. The van der Waals surface area contributed by atoms with Gasteiger partial charge in [0.1, 0.15) is 0 Å². The van der Waals surface area contributed by atoms with Crippen LogP contribution in [0.25, 0.3) is 71.2 Å². The molecule has 0 aliphatic heterocycles. The van der Waals surface area contributed by atoms with E-state index in [1.807, 2.05) is 0 Å². The highest BCUT2D eigenvalue weighted by Crippen LogP contribution is 2.40. The van der Waals surface area contributed by atoms with Crippen LogP contribution in [-0.2, 0) is 0 Å². The molecule has 3 heteroatoms. The lowest BCUT2D eigenvalue weighted by atomic mass is 10.0. The Morgan fingerprint density at radius 2 is 1.04 bits per heavy atom. The second kappa shape index (κ2) is 11.0. The third-order valence-corrected chi connectivity index (χ3v) is 9.90. The van der Waals surface area contributed by atoms with Crippen molar-refractivity contribution in [3.63, 3.8) is 0 Å². The van der Waals surface area contributed by atoms with E-state index in [9.17, 15) is 0 Å². The molecule has 230 valence electrons. The summed E-state index contributed by atoms with van der Waals surface area (Å²) in [7, 11) is 0. The summed E-state index contributed by atoms with van der Waals surface area (Å²) in [5, 5.41) is 7.53. The fourth-order valence-electron chi connectivity index (χ4n) is 7.60. The quantitative estimate of drug-likeness (QED) is 0.202. The lowest BCUT2D eigenvalue weighted by molar-refractivity contribution is 1.17. The number of hydrogen-bond acceptors (Lipinski definition) is 1. The summed E-state index contributed by atoms with van der Waals surface area (Å²) in [6.07, 6.45) is 0. The number of anilines is 3. The van der Waals surface area contributed by atoms with E-state index >= 15 is 0 Å². The lowest BCUT2D eigenvalue weighted by Gasteiger charge is -2.26. The third kappa shape index (κ3) is 4.44. The molecule has 0 saturated heterocycles. The maximum Gasteiger partial charge on any atom is 0.0566 e. The first-order valence-corrected chi connectivity index (χ1v) is 16.8. The normalized spacial score (nSPS) is 11.7. The lowest BCUT2D eigenvalue weighted by Crippen LogP contribution is -2.10. The van der Waals surface area contributed by atoms with Crippen LogP contribution in [0, 0.1) is 0 Å². The van der Waals surface area contributed by atoms with Crippen LogP contribution in [0.1, 0.15) is 0 Å². The smallest absolute Gasteiger partial charge is 0.0566 e. The van der Waals surface area contributed by atoms with Gasteiger partial charge in [0.15, 0.2) is 0 Å². The first kappa shape index (κ1) is 27.5. The first-order valence-electron chi connectivity index (χ1n) is 16.8. The van der Waals surface area contributed by atoms with Crippen LogP contribution in [0.3, 0.4) is 0 Å². The third-order valence-electron chi connectivity index (χ3n) is 9.90. The van der Waals surface area contributed by atoms with Gasteiger partial charge in [0, 0.05) is 49.8 Å². The molecular weight excluding hydrogens is 595 g/mol. The Labute approximate surface area is 283 Å². The van der Waals surface area contributed by atoms with Crippen molar-refractivity contribution < 1.29 is 0 Å². The number of para-hydroxylation sites is 3. The number of nitrogens with zero attached hydrogens (tertiary/aromatic N) is 2. The Kier molecular flexibility index (Phi) is 6.18. The molecule has 0 atom stereocenters. The zero-order valence-corrected chi connectivity index (χ0v) is 26.7. The molecule has 0 aliphatic carbocycles. The van der Waals surface area contributed by atoms with Crippen LogP contribution in [0.2, 0.25) is 0 Å². The van der Waals surface area contributed by atoms with Crippen molar-refractivity contribution in [1.29, 1.82) is 0 Å². The van der Waals surface area contributed by atoms with E-state index in [4.69, 9.17) is 0 Å². The molecule has 49 heavy (non-hydrogen) atoms. The van der Waals surface area contributed by atoms with E-state index < -0.39 is 0 Å². The zero-order chi connectivity index (χ0) is 32.3. The standard InChI is InChI=1S/C46H31N3/c1-2-12-35(13-3-1)48(36-22-20-32(21-23-36)34-19-18-31-10-4-5-11-33(31)30-34)37-24-26-38(27-25-37)49-43-17-9-7-15-41(43)45-44(49)29-28-40-39-14-6-8-16-42(39)47-46(40)45/h1-30,47H. The van der Waals surface area contributed by atoms with Gasteiger partial charge in [-0.3, -0.25) is 0 Å². The van der Waals surface area contributed by atoms with Gasteiger partial charge in [-0.2, -0.15) is 0 Å². The van der Waals surface area contributed by atoms with Crippen LogP contribution >= 0.6 is 0 Å². The van der Waals surface area contributed by atoms with Crippen LogP contribution in [0.15, 0.2) is 182 Å². The topological polar surface area (TPSA) is 24.0 Å². The summed E-state index contributed by atoms with van der Waals surface area (Å²) in [4.78, 5) is 6.07. The molecule has 0 fully saturated rings. The molecule has 0 amide bonds. The number of rotatable bonds is 5. The number of aromatic amines is 1. The summed E-state index contributed by atoms with van der Waals surface area (Å²) in [5.74, 6) is 0. The number of H-pyrrole nitrogens is 1. The summed E-state index contributed by atoms with van der Waals surface area (Å²) in [6, 6.07) is 65.6. The van der Waals surface area contributed by atoms with Crippen molar-refractivity contribution in [2.45, 2.75) is 0 Å². The molecular formula is C46H31N3. The molecule has 2 aromatic heterocycles. The number of fused-ring (bicyclic) bond motifs is 8. The molecule has 0 radical (unpaired) electrons. The molecule has 1 N–H and O–H groups in total. The second-order valence-corrected chi connectivity index (χ2v) is 12.7. The maximum atomic E-state index is 3.74. The Hall–Kier alpha value is -6.58. The van der Waals surface area contributed by atoms with Crippen molar-refractivity contribution >= 4 is 71.4 Å². The van der Waals surface area contributed by atoms with E-state index in [2.05, 4.69) is 196 Å². The SMILES string of the molecule is c1ccc(N(c2ccc(-c3ccc4ccccc4c3)cc2)c2ccc(-n3c4ccccc4c4c5[nH]c6ccccc6c5ccc43)cc2)cc1. The van der Waals surface area contributed by atoms with Gasteiger partial charge < -0.3 is 14.5 Å². The van der Waals surface area contributed by atoms with Crippen LogP contribution in [0.5, 0.6) is 0 Å². The summed E-state index contributed by atoms with van der Waals surface area (Å²) in [6.45, 7) is 0. The Morgan fingerprint density at radius 1 is 0.408 bits per heavy atom. The van der Waals surface area contributed by atoms with Gasteiger partial charge in [0.2, 0.25) is 0 Å². The average Bonchev–Trinajstić information content (AvgIpc) is 3.72. The molecule has 0 bridgehead atoms. The van der Waals surface area contributed by atoms with Gasteiger partial charge in [0.05, 0.1) is 16.6 Å². The summed E-state index contributed by atoms with van der Waals surface area (Å²) < 4.78 is 2.39. The highest BCUT2D eigenvalue weighted by molar-refractivity contribution is 6.25. The Balaban J connectivity index is 1.07. The minimum atomic E-state index is 1.10. The van der Waals surface area contributed by atoms with Gasteiger partial charge in [-0.05, 0) is 94.7 Å². The summed E-state index contributed by atoms with van der Waals surface area (Å²) in [5.41, 5.74) is 11.6. The Morgan fingerprint density at radius 3 is 1.86 bits per heavy atom. The van der Waals surface area contributed by atoms with E-state index in [0.717, 1.165) is 28.3 Å². The highest BCUT2D eigenvalue weighted by Gasteiger charge is 2.18. The van der Waals surface area contributed by atoms with E-state index in [0.29, 0.717) is 0 Å². The van der Waals surface area contributed by atoms with Gasteiger partial charge in [0.25, 0.3) is 0 Å². The van der Waals surface area contributed by atoms with Gasteiger partial charge in [-0.25, -0.2) is 0 Å². The van der Waals surface area contributed by atoms with Gasteiger partial charge >= 0.3 is 0 Å². The van der Waals surface area contributed by atoms with Crippen molar-refractivity contribution in [2.75, 3.05) is 4.90 Å². The van der Waals surface area contributed by atoms with E-state index in [-0.39, 0.29) is 0 Å². The van der Waals surface area contributed by atoms with Crippen LogP contribution in [0.4, 0.5) is 17.1 Å². The minimum Gasteiger partial charge on any atom is -0.354 e. The summed E-state index contributed by atoms with van der Waals surface area (Å²) >= 11 is 0. The van der Waals surface area contributed by atoms with Crippen LogP contribution < -0.4 is 4.90 Å². The zero-order valence-electron chi connectivity index (χ0n) is 26.7. The molecule has 8 aromatic carbocycles. The minimum absolute atomic E-state index is 1.10. The second-order valence-electron chi connectivity index (χ2n) is 12.7. The average molecular weight is 626 g/mol. The van der Waals surface area contributed by atoms with Crippen molar-refractivity contribution in [3.8, 4) is 16.8 Å². The first-order chi connectivity index (χ1) is 24.3. The number of benzene rings is 8. The monoisotopic (exact) mass is 625 g/mol. The maximum absolute atomic E-state index is 3.74. The number of aromatic nitrogens is 2. The fourth-order valence-corrected chi connectivity index (χ4v) is 7.60. The van der Waals surface area contributed by atoms with E-state index in [1.54, 1.807) is 0 Å². The molecule has 10 rings (SSSR count). The van der Waals surface area contributed by atoms with Gasteiger partial charge in [-0.15, -0.1) is 0 Å². The van der Waals surface area contributed by atoms with Crippen molar-refractivity contribution in [2.24, 2.45) is 0 Å². The fraction of sp³-hybridized carbons (Fsp3) is 0. The molecule has 0 aliphatic rings. The molecule has 0 saturated carbocycles. The number of nitrogens with one attached hydrogen (secondary N) is 1.